The molecule has 0 amide bonds. The molecule has 0 aromatic heterocycles. The fourth-order valence-electron chi connectivity index (χ4n) is 3.21. The Kier molecular flexibility index (Phi) is 3.06. The zero-order valence-electron chi connectivity index (χ0n) is 10.7. The van der Waals surface area contributed by atoms with Gasteiger partial charge in [-0.2, -0.15) is 0 Å². The van der Waals surface area contributed by atoms with Crippen molar-refractivity contribution < 1.29 is 0 Å². The van der Waals surface area contributed by atoms with E-state index in [-0.39, 0.29) is 0 Å². The SMILES string of the molecule is CN1CCC(C2(C)CN(C)CCN2C)C1. The van der Waals surface area contributed by atoms with E-state index in [2.05, 4.69) is 42.8 Å². The Morgan fingerprint density at radius 2 is 1.73 bits per heavy atom. The molecule has 0 N–H and O–H groups in total. The maximum Gasteiger partial charge on any atom is 0.0346 e. The van der Waals surface area contributed by atoms with E-state index in [0.717, 1.165) is 5.92 Å². The summed E-state index contributed by atoms with van der Waals surface area (Å²) in [5.41, 5.74) is 0.387. The largest absolute Gasteiger partial charge is 0.306 e. The van der Waals surface area contributed by atoms with E-state index in [1.807, 2.05) is 0 Å². The van der Waals surface area contributed by atoms with Crippen molar-refractivity contribution in [2.75, 3.05) is 53.9 Å². The average Bonchev–Trinajstić information content (AvgIpc) is 2.59. The molecule has 2 atom stereocenters. The highest BCUT2D eigenvalue weighted by molar-refractivity contribution is 4.99. The second kappa shape index (κ2) is 4.04. The zero-order valence-corrected chi connectivity index (χ0v) is 10.7. The van der Waals surface area contributed by atoms with Gasteiger partial charge >= 0.3 is 0 Å². The average molecular weight is 211 g/mol. The van der Waals surface area contributed by atoms with Crippen molar-refractivity contribution in [3.05, 3.63) is 0 Å². The fourth-order valence-corrected chi connectivity index (χ4v) is 3.21. The molecule has 2 saturated heterocycles. The predicted molar refractivity (Wildman–Crippen MR) is 64.1 cm³/mol. The van der Waals surface area contributed by atoms with Crippen LogP contribution < -0.4 is 0 Å². The number of hydrogen-bond acceptors (Lipinski definition) is 3. The van der Waals surface area contributed by atoms with E-state index >= 15 is 0 Å². The van der Waals surface area contributed by atoms with Crippen molar-refractivity contribution in [2.45, 2.75) is 18.9 Å². The molecule has 2 fully saturated rings. The first-order valence-corrected chi connectivity index (χ1v) is 6.11. The minimum absolute atomic E-state index is 0.387. The minimum atomic E-state index is 0.387. The molecule has 88 valence electrons. The van der Waals surface area contributed by atoms with Gasteiger partial charge in [0.1, 0.15) is 0 Å². The van der Waals surface area contributed by atoms with Crippen LogP contribution in [0.5, 0.6) is 0 Å². The van der Waals surface area contributed by atoms with Gasteiger partial charge in [-0.3, -0.25) is 4.90 Å². The van der Waals surface area contributed by atoms with E-state index < -0.39 is 0 Å². The number of hydrogen-bond donors (Lipinski definition) is 0. The van der Waals surface area contributed by atoms with Crippen LogP contribution in [0.1, 0.15) is 13.3 Å². The van der Waals surface area contributed by atoms with Crippen LogP contribution in [0.2, 0.25) is 0 Å². The molecule has 0 bridgehead atoms. The third-order valence-corrected chi connectivity index (χ3v) is 4.55. The number of likely N-dealkylation sites (N-methyl/N-ethyl adjacent to an activating group) is 2. The topological polar surface area (TPSA) is 9.72 Å². The van der Waals surface area contributed by atoms with Crippen LogP contribution in [0.25, 0.3) is 0 Å². The molecule has 0 spiro atoms. The Labute approximate surface area is 94.0 Å². The second-order valence-electron chi connectivity index (χ2n) is 5.76. The van der Waals surface area contributed by atoms with Crippen LogP contribution in [0.4, 0.5) is 0 Å². The first-order valence-electron chi connectivity index (χ1n) is 6.11. The van der Waals surface area contributed by atoms with Gasteiger partial charge in [0.2, 0.25) is 0 Å². The van der Waals surface area contributed by atoms with Crippen molar-refractivity contribution in [1.82, 2.24) is 14.7 Å². The molecular weight excluding hydrogens is 186 g/mol. The molecule has 2 aliphatic rings. The summed E-state index contributed by atoms with van der Waals surface area (Å²) in [6.07, 6.45) is 1.37. The highest BCUT2D eigenvalue weighted by Crippen LogP contribution is 2.33. The molecule has 0 saturated carbocycles. The summed E-state index contributed by atoms with van der Waals surface area (Å²) in [4.78, 5) is 7.54. The van der Waals surface area contributed by atoms with Crippen LogP contribution in [-0.2, 0) is 0 Å². The van der Waals surface area contributed by atoms with Crippen molar-refractivity contribution in [3.63, 3.8) is 0 Å². The van der Waals surface area contributed by atoms with Crippen LogP contribution in [0.3, 0.4) is 0 Å². The van der Waals surface area contributed by atoms with E-state index in [1.54, 1.807) is 0 Å². The second-order valence-corrected chi connectivity index (χ2v) is 5.76. The van der Waals surface area contributed by atoms with Crippen LogP contribution in [-0.4, -0.2) is 74.1 Å². The Morgan fingerprint density at radius 3 is 2.33 bits per heavy atom. The van der Waals surface area contributed by atoms with E-state index in [9.17, 15) is 0 Å². The number of nitrogens with zero attached hydrogens (tertiary/aromatic N) is 3. The normalized spacial score (nSPS) is 41.2. The summed E-state index contributed by atoms with van der Waals surface area (Å²) >= 11 is 0. The molecule has 0 aromatic carbocycles. The van der Waals surface area contributed by atoms with Gasteiger partial charge in [-0.25, -0.2) is 0 Å². The van der Waals surface area contributed by atoms with Gasteiger partial charge < -0.3 is 9.80 Å². The van der Waals surface area contributed by atoms with Crippen molar-refractivity contribution in [1.29, 1.82) is 0 Å². The lowest BCUT2D eigenvalue weighted by Crippen LogP contribution is -2.62. The third-order valence-electron chi connectivity index (χ3n) is 4.55. The molecule has 2 rings (SSSR count). The predicted octanol–water partition coefficient (Wildman–Crippen LogP) is 0.574. The Morgan fingerprint density at radius 1 is 1.00 bits per heavy atom. The van der Waals surface area contributed by atoms with E-state index in [0.29, 0.717) is 5.54 Å². The van der Waals surface area contributed by atoms with Gasteiger partial charge in [0.05, 0.1) is 0 Å². The summed E-state index contributed by atoms with van der Waals surface area (Å²) in [7, 11) is 6.80. The molecule has 2 aliphatic heterocycles. The molecule has 3 nitrogen and oxygen atoms in total. The summed E-state index contributed by atoms with van der Waals surface area (Å²) in [6.45, 7) is 8.66. The van der Waals surface area contributed by atoms with Gasteiger partial charge in [-0.1, -0.05) is 0 Å². The molecule has 0 radical (unpaired) electrons. The van der Waals surface area contributed by atoms with Gasteiger partial charge in [0.15, 0.2) is 0 Å². The van der Waals surface area contributed by atoms with E-state index in [1.165, 1.54) is 39.1 Å². The molecule has 0 aliphatic carbocycles. The zero-order chi connectivity index (χ0) is 11.1. The first-order chi connectivity index (χ1) is 7.02. The summed E-state index contributed by atoms with van der Waals surface area (Å²) in [6, 6.07) is 0. The number of likely N-dealkylation sites (tertiary alicyclic amines) is 1. The summed E-state index contributed by atoms with van der Waals surface area (Å²) in [5.74, 6) is 0.843. The van der Waals surface area contributed by atoms with Gasteiger partial charge in [-0.15, -0.1) is 0 Å². The van der Waals surface area contributed by atoms with Crippen molar-refractivity contribution in [2.24, 2.45) is 5.92 Å². The first kappa shape index (κ1) is 11.4. The van der Waals surface area contributed by atoms with Gasteiger partial charge in [0.25, 0.3) is 0 Å². The molecule has 2 heterocycles. The molecular formula is C12H25N3. The highest BCUT2D eigenvalue weighted by atomic mass is 15.3. The quantitative estimate of drug-likeness (QED) is 0.628. The van der Waals surface area contributed by atoms with E-state index in [4.69, 9.17) is 0 Å². The third kappa shape index (κ3) is 2.05. The molecule has 0 aromatic rings. The lowest BCUT2D eigenvalue weighted by molar-refractivity contribution is 0.000108. The number of rotatable bonds is 1. The maximum atomic E-state index is 2.58. The lowest BCUT2D eigenvalue weighted by atomic mass is 9.81. The summed E-state index contributed by atoms with van der Waals surface area (Å²) in [5, 5.41) is 0. The van der Waals surface area contributed by atoms with Gasteiger partial charge in [0, 0.05) is 31.7 Å². The monoisotopic (exact) mass is 211 g/mol. The van der Waals surface area contributed by atoms with Crippen LogP contribution in [0, 0.1) is 5.92 Å². The van der Waals surface area contributed by atoms with Gasteiger partial charge in [-0.05, 0) is 47.0 Å². The van der Waals surface area contributed by atoms with Crippen LogP contribution in [0.15, 0.2) is 0 Å². The smallest absolute Gasteiger partial charge is 0.0346 e. The number of piperazine rings is 1. The molecule has 3 heteroatoms. The Balaban J connectivity index is 2.09. The minimum Gasteiger partial charge on any atom is -0.306 e. The molecule has 15 heavy (non-hydrogen) atoms. The van der Waals surface area contributed by atoms with Crippen molar-refractivity contribution >= 4 is 0 Å². The summed E-state index contributed by atoms with van der Waals surface area (Å²) < 4.78 is 0. The standard InChI is InChI=1S/C12H25N3/c1-12(11-5-6-13(2)9-11)10-14(3)7-8-15(12)4/h11H,5-10H2,1-4H3. The highest BCUT2D eigenvalue weighted by Gasteiger charge is 2.43. The fraction of sp³-hybridized carbons (Fsp3) is 1.00. The molecule has 2 unspecified atom stereocenters. The maximum absolute atomic E-state index is 2.58. The van der Waals surface area contributed by atoms with Crippen LogP contribution >= 0.6 is 0 Å². The Hall–Kier alpha value is -0.120. The lowest BCUT2D eigenvalue weighted by Gasteiger charge is -2.50. The van der Waals surface area contributed by atoms with Crippen molar-refractivity contribution in [3.8, 4) is 0 Å². The Bertz CT molecular complexity index is 231.